The normalized spacial score (nSPS) is 9.80. The van der Waals surface area contributed by atoms with Crippen LogP contribution in [0.2, 0.25) is 0 Å². The summed E-state index contributed by atoms with van der Waals surface area (Å²) >= 11 is 1.67. The van der Waals surface area contributed by atoms with E-state index in [1.54, 1.807) is 36.0 Å². The minimum atomic E-state index is -0.121. The molecule has 0 saturated carbocycles. The second-order valence-corrected chi connectivity index (χ2v) is 5.11. The molecule has 2 aromatic rings. The summed E-state index contributed by atoms with van der Waals surface area (Å²) in [5.74, 6) is -0.121. The molecule has 0 atom stereocenters. The molecular weight excluding hydrogens is 268 g/mol. The van der Waals surface area contributed by atoms with Crippen molar-refractivity contribution in [3.8, 4) is 6.07 Å². The lowest BCUT2D eigenvalue weighted by Crippen LogP contribution is -2.15. The number of carbonyl (C=O) groups is 1. The average Bonchev–Trinajstić information content (AvgIpc) is 2.48. The quantitative estimate of drug-likeness (QED) is 0.874. The van der Waals surface area contributed by atoms with Gasteiger partial charge in [-0.25, -0.2) is 0 Å². The number of rotatable bonds is 4. The summed E-state index contributed by atoms with van der Waals surface area (Å²) in [7, 11) is 0. The third-order valence-electron chi connectivity index (χ3n) is 2.85. The van der Waals surface area contributed by atoms with Crippen LogP contribution in [0.4, 0.5) is 5.69 Å². The second kappa shape index (κ2) is 6.78. The SMILES string of the molecule is CSc1ccc(CC(=O)Nc2ccccc2C#N)cc1. The van der Waals surface area contributed by atoms with E-state index in [1.807, 2.05) is 30.5 Å². The molecule has 20 heavy (non-hydrogen) atoms. The van der Waals surface area contributed by atoms with Gasteiger partial charge in [0, 0.05) is 4.90 Å². The molecule has 0 aliphatic heterocycles. The second-order valence-electron chi connectivity index (χ2n) is 4.23. The maximum absolute atomic E-state index is 12.0. The summed E-state index contributed by atoms with van der Waals surface area (Å²) in [6.45, 7) is 0. The molecule has 0 unspecified atom stereocenters. The zero-order chi connectivity index (χ0) is 14.4. The summed E-state index contributed by atoms with van der Waals surface area (Å²) in [4.78, 5) is 13.1. The number of hydrogen-bond acceptors (Lipinski definition) is 3. The van der Waals surface area contributed by atoms with E-state index in [1.165, 1.54) is 4.90 Å². The van der Waals surface area contributed by atoms with Gasteiger partial charge in [-0.05, 0) is 36.1 Å². The summed E-state index contributed by atoms with van der Waals surface area (Å²) in [6.07, 6.45) is 2.31. The number of amides is 1. The van der Waals surface area contributed by atoms with Gasteiger partial charge in [-0.2, -0.15) is 5.26 Å². The topological polar surface area (TPSA) is 52.9 Å². The molecule has 2 aromatic carbocycles. The van der Waals surface area contributed by atoms with Crippen LogP contribution in [-0.4, -0.2) is 12.2 Å². The van der Waals surface area contributed by atoms with Crippen molar-refractivity contribution in [1.82, 2.24) is 0 Å². The van der Waals surface area contributed by atoms with Gasteiger partial charge in [-0.1, -0.05) is 24.3 Å². The van der Waals surface area contributed by atoms with Gasteiger partial charge in [0.2, 0.25) is 5.91 Å². The van der Waals surface area contributed by atoms with E-state index >= 15 is 0 Å². The fraction of sp³-hybridized carbons (Fsp3) is 0.125. The lowest BCUT2D eigenvalue weighted by molar-refractivity contribution is -0.115. The van der Waals surface area contributed by atoms with Crippen LogP contribution in [0.3, 0.4) is 0 Å². The predicted molar refractivity (Wildman–Crippen MR) is 81.7 cm³/mol. The van der Waals surface area contributed by atoms with E-state index in [0.717, 1.165) is 5.56 Å². The standard InChI is InChI=1S/C16H14N2OS/c1-20-14-8-6-12(7-9-14)10-16(19)18-15-5-3-2-4-13(15)11-17/h2-9H,10H2,1H3,(H,18,19). The Morgan fingerprint density at radius 3 is 2.55 bits per heavy atom. The molecule has 0 fully saturated rings. The van der Waals surface area contributed by atoms with Crippen LogP contribution in [-0.2, 0) is 11.2 Å². The van der Waals surface area contributed by atoms with Crippen molar-refractivity contribution >= 4 is 23.4 Å². The number of thioether (sulfide) groups is 1. The highest BCUT2D eigenvalue weighted by Crippen LogP contribution is 2.16. The van der Waals surface area contributed by atoms with Gasteiger partial charge < -0.3 is 5.32 Å². The monoisotopic (exact) mass is 282 g/mol. The molecule has 0 aliphatic rings. The lowest BCUT2D eigenvalue weighted by Gasteiger charge is -2.07. The highest BCUT2D eigenvalue weighted by atomic mass is 32.2. The smallest absolute Gasteiger partial charge is 0.228 e. The molecule has 100 valence electrons. The molecule has 1 amide bonds. The van der Waals surface area contributed by atoms with Crippen molar-refractivity contribution in [3.05, 3.63) is 59.7 Å². The molecule has 3 nitrogen and oxygen atoms in total. The van der Waals surface area contributed by atoms with Crippen LogP contribution in [0, 0.1) is 11.3 Å². The van der Waals surface area contributed by atoms with E-state index < -0.39 is 0 Å². The Balaban J connectivity index is 2.03. The third-order valence-corrected chi connectivity index (χ3v) is 3.59. The Bertz CT molecular complexity index is 644. The van der Waals surface area contributed by atoms with Crippen LogP contribution >= 0.6 is 11.8 Å². The van der Waals surface area contributed by atoms with E-state index in [4.69, 9.17) is 5.26 Å². The average molecular weight is 282 g/mol. The minimum Gasteiger partial charge on any atom is -0.325 e. The molecular formula is C16H14N2OS. The first-order valence-corrected chi connectivity index (χ1v) is 7.37. The van der Waals surface area contributed by atoms with E-state index in [9.17, 15) is 4.79 Å². The summed E-state index contributed by atoms with van der Waals surface area (Å²) in [5.41, 5.74) is 1.98. The minimum absolute atomic E-state index is 0.121. The molecule has 0 saturated heterocycles. The van der Waals surface area contributed by atoms with Crippen molar-refractivity contribution in [3.63, 3.8) is 0 Å². The highest BCUT2D eigenvalue weighted by molar-refractivity contribution is 7.98. The fourth-order valence-electron chi connectivity index (χ4n) is 1.81. The maximum atomic E-state index is 12.0. The summed E-state index contributed by atoms with van der Waals surface area (Å²) in [5, 5.41) is 11.7. The van der Waals surface area contributed by atoms with Crippen molar-refractivity contribution in [2.24, 2.45) is 0 Å². The van der Waals surface area contributed by atoms with Gasteiger partial charge in [-0.3, -0.25) is 4.79 Å². The number of nitrogens with zero attached hydrogens (tertiary/aromatic N) is 1. The number of hydrogen-bond donors (Lipinski definition) is 1. The summed E-state index contributed by atoms with van der Waals surface area (Å²) < 4.78 is 0. The van der Waals surface area contributed by atoms with Crippen molar-refractivity contribution < 1.29 is 4.79 Å². The molecule has 0 aromatic heterocycles. The van der Waals surface area contributed by atoms with E-state index in [0.29, 0.717) is 17.7 Å². The van der Waals surface area contributed by atoms with Crippen molar-refractivity contribution in [2.45, 2.75) is 11.3 Å². The number of nitriles is 1. The zero-order valence-corrected chi connectivity index (χ0v) is 11.9. The van der Waals surface area contributed by atoms with E-state index in [-0.39, 0.29) is 5.91 Å². The first-order valence-electron chi connectivity index (χ1n) is 6.15. The molecule has 0 radical (unpaired) electrons. The van der Waals surface area contributed by atoms with Gasteiger partial charge in [0.15, 0.2) is 0 Å². The fourth-order valence-corrected chi connectivity index (χ4v) is 2.22. The van der Waals surface area contributed by atoms with Gasteiger partial charge in [0.25, 0.3) is 0 Å². The number of para-hydroxylation sites is 1. The Kier molecular flexibility index (Phi) is 4.80. The molecule has 2 rings (SSSR count). The van der Waals surface area contributed by atoms with Crippen LogP contribution in [0.1, 0.15) is 11.1 Å². The lowest BCUT2D eigenvalue weighted by atomic mass is 10.1. The largest absolute Gasteiger partial charge is 0.325 e. The molecule has 1 N–H and O–H groups in total. The first kappa shape index (κ1) is 14.2. The van der Waals surface area contributed by atoms with Crippen LogP contribution in [0.25, 0.3) is 0 Å². The molecule has 0 heterocycles. The number of benzene rings is 2. The number of nitrogens with one attached hydrogen (secondary N) is 1. The molecule has 0 bridgehead atoms. The maximum Gasteiger partial charge on any atom is 0.228 e. The molecule has 0 spiro atoms. The Morgan fingerprint density at radius 1 is 1.20 bits per heavy atom. The number of anilines is 1. The predicted octanol–water partition coefficient (Wildman–Crippen LogP) is 3.46. The van der Waals surface area contributed by atoms with Crippen LogP contribution < -0.4 is 5.32 Å². The van der Waals surface area contributed by atoms with Gasteiger partial charge in [0.1, 0.15) is 6.07 Å². The number of carbonyl (C=O) groups excluding carboxylic acids is 1. The van der Waals surface area contributed by atoms with Crippen LogP contribution in [0.5, 0.6) is 0 Å². The Labute approximate surface area is 122 Å². The first-order chi connectivity index (χ1) is 9.72. The zero-order valence-electron chi connectivity index (χ0n) is 11.1. The third kappa shape index (κ3) is 3.62. The van der Waals surface area contributed by atoms with Gasteiger partial charge in [0.05, 0.1) is 17.7 Å². The summed E-state index contributed by atoms with van der Waals surface area (Å²) in [6, 6.07) is 16.9. The Hall–Kier alpha value is -2.25. The molecule has 0 aliphatic carbocycles. The van der Waals surface area contributed by atoms with Crippen LogP contribution in [0.15, 0.2) is 53.4 Å². The van der Waals surface area contributed by atoms with E-state index in [2.05, 4.69) is 11.4 Å². The van der Waals surface area contributed by atoms with Crippen molar-refractivity contribution in [1.29, 1.82) is 5.26 Å². The van der Waals surface area contributed by atoms with Crippen molar-refractivity contribution in [2.75, 3.05) is 11.6 Å². The Morgan fingerprint density at radius 2 is 1.90 bits per heavy atom. The molecule has 4 heteroatoms. The van der Waals surface area contributed by atoms with Gasteiger partial charge >= 0.3 is 0 Å². The highest BCUT2D eigenvalue weighted by Gasteiger charge is 2.07. The van der Waals surface area contributed by atoms with Gasteiger partial charge in [-0.15, -0.1) is 11.8 Å².